The summed E-state index contributed by atoms with van der Waals surface area (Å²) in [5.74, 6) is 0. The normalized spacial score (nSPS) is 11.5. The van der Waals surface area contributed by atoms with Gasteiger partial charge in [0.1, 0.15) is 5.02 Å². The molecule has 82 valence electrons. The molecule has 0 saturated heterocycles. The molecule has 0 amide bonds. The van der Waals surface area contributed by atoms with Gasteiger partial charge in [-0.3, -0.25) is 10.1 Å². The lowest BCUT2D eigenvalue weighted by Gasteiger charge is -2.22. The molecular formula is C10H13ClN2O2. The van der Waals surface area contributed by atoms with Gasteiger partial charge in [-0.1, -0.05) is 31.5 Å². The molecule has 0 unspecified atom stereocenters. The Bertz CT molecular complexity index is 391. The Labute approximate surface area is 93.2 Å². The summed E-state index contributed by atoms with van der Waals surface area (Å²) in [7, 11) is 0. The van der Waals surface area contributed by atoms with Crippen LogP contribution in [-0.2, 0) is 5.41 Å². The molecule has 4 nitrogen and oxygen atoms in total. The van der Waals surface area contributed by atoms with Gasteiger partial charge < -0.3 is 5.73 Å². The van der Waals surface area contributed by atoms with Gasteiger partial charge in [0.25, 0.3) is 5.69 Å². The van der Waals surface area contributed by atoms with Crippen molar-refractivity contribution in [3.05, 3.63) is 38.9 Å². The smallest absolute Gasteiger partial charge is 0.288 e. The largest absolute Gasteiger partial charge is 0.330 e. The first-order chi connectivity index (χ1) is 6.88. The highest BCUT2D eigenvalue weighted by atomic mass is 35.5. The molecule has 0 saturated carbocycles. The van der Waals surface area contributed by atoms with Crippen molar-refractivity contribution in [2.45, 2.75) is 19.3 Å². The first kappa shape index (κ1) is 11.9. The van der Waals surface area contributed by atoms with Crippen LogP contribution in [0.5, 0.6) is 0 Å². The number of nitro benzene ring substituents is 1. The predicted molar refractivity (Wildman–Crippen MR) is 60.2 cm³/mol. The van der Waals surface area contributed by atoms with Crippen molar-refractivity contribution in [3.63, 3.8) is 0 Å². The maximum Gasteiger partial charge on any atom is 0.288 e. The zero-order valence-corrected chi connectivity index (χ0v) is 9.41. The Kier molecular flexibility index (Phi) is 3.31. The second-order valence-electron chi connectivity index (χ2n) is 4.01. The summed E-state index contributed by atoms with van der Waals surface area (Å²) < 4.78 is 0. The number of benzene rings is 1. The van der Waals surface area contributed by atoms with Gasteiger partial charge in [0, 0.05) is 18.0 Å². The second kappa shape index (κ2) is 4.16. The first-order valence-electron chi connectivity index (χ1n) is 4.53. The highest BCUT2D eigenvalue weighted by molar-refractivity contribution is 6.32. The van der Waals surface area contributed by atoms with Gasteiger partial charge in [-0.2, -0.15) is 0 Å². The number of nitro groups is 1. The fraction of sp³-hybridized carbons (Fsp3) is 0.400. The van der Waals surface area contributed by atoms with E-state index < -0.39 is 4.92 Å². The van der Waals surface area contributed by atoms with Crippen LogP contribution >= 0.6 is 11.6 Å². The topological polar surface area (TPSA) is 69.2 Å². The third-order valence-corrected chi connectivity index (χ3v) is 2.75. The minimum absolute atomic E-state index is 0.0734. The van der Waals surface area contributed by atoms with E-state index in [2.05, 4.69) is 0 Å². The fourth-order valence-corrected chi connectivity index (χ4v) is 1.38. The van der Waals surface area contributed by atoms with E-state index in [9.17, 15) is 10.1 Å². The number of nitrogens with zero attached hydrogens (tertiary/aromatic N) is 1. The SMILES string of the molecule is CC(C)(CN)c1ccc(Cl)c([N+](=O)[O-])c1. The summed E-state index contributed by atoms with van der Waals surface area (Å²) in [5, 5.41) is 10.8. The van der Waals surface area contributed by atoms with Crippen LogP contribution in [0.15, 0.2) is 18.2 Å². The van der Waals surface area contributed by atoms with Crippen LogP contribution in [0, 0.1) is 10.1 Å². The quantitative estimate of drug-likeness (QED) is 0.638. The van der Waals surface area contributed by atoms with Crippen LogP contribution in [0.25, 0.3) is 0 Å². The van der Waals surface area contributed by atoms with Gasteiger partial charge in [0.05, 0.1) is 4.92 Å². The van der Waals surface area contributed by atoms with Crippen LogP contribution in [0.1, 0.15) is 19.4 Å². The van der Waals surface area contributed by atoms with Crippen molar-refractivity contribution in [1.29, 1.82) is 0 Å². The van der Waals surface area contributed by atoms with E-state index in [-0.39, 0.29) is 16.1 Å². The van der Waals surface area contributed by atoms with Gasteiger partial charge in [-0.15, -0.1) is 0 Å². The predicted octanol–water partition coefficient (Wildman–Crippen LogP) is 2.48. The molecule has 0 aromatic heterocycles. The third-order valence-electron chi connectivity index (χ3n) is 2.43. The molecule has 0 atom stereocenters. The van der Waals surface area contributed by atoms with Crippen molar-refractivity contribution in [1.82, 2.24) is 0 Å². The van der Waals surface area contributed by atoms with E-state index >= 15 is 0 Å². The highest BCUT2D eigenvalue weighted by Gasteiger charge is 2.22. The Morgan fingerprint density at radius 1 is 1.53 bits per heavy atom. The van der Waals surface area contributed by atoms with E-state index in [0.717, 1.165) is 5.56 Å². The number of nitrogens with two attached hydrogens (primary N) is 1. The van der Waals surface area contributed by atoms with E-state index in [1.165, 1.54) is 12.1 Å². The van der Waals surface area contributed by atoms with E-state index in [0.29, 0.717) is 6.54 Å². The average molecular weight is 229 g/mol. The van der Waals surface area contributed by atoms with E-state index in [1.807, 2.05) is 13.8 Å². The van der Waals surface area contributed by atoms with Crippen molar-refractivity contribution >= 4 is 17.3 Å². The molecule has 1 aromatic carbocycles. The summed E-state index contributed by atoms with van der Waals surface area (Å²) in [5.41, 5.74) is 6.06. The van der Waals surface area contributed by atoms with Crippen molar-refractivity contribution < 1.29 is 4.92 Å². The number of hydrogen-bond donors (Lipinski definition) is 1. The number of halogens is 1. The monoisotopic (exact) mass is 228 g/mol. The fourth-order valence-electron chi connectivity index (χ4n) is 1.19. The molecule has 15 heavy (non-hydrogen) atoms. The molecule has 0 fully saturated rings. The lowest BCUT2D eigenvalue weighted by molar-refractivity contribution is -0.384. The third kappa shape index (κ3) is 2.46. The molecule has 0 aliphatic carbocycles. The molecule has 0 radical (unpaired) electrons. The molecule has 0 bridgehead atoms. The molecule has 1 aromatic rings. The molecule has 2 N–H and O–H groups in total. The Hall–Kier alpha value is -1.13. The van der Waals surface area contributed by atoms with Crippen LogP contribution in [0.4, 0.5) is 5.69 Å². The summed E-state index contributed by atoms with van der Waals surface area (Å²) in [4.78, 5) is 10.2. The van der Waals surface area contributed by atoms with Gasteiger partial charge >= 0.3 is 0 Å². The molecule has 5 heteroatoms. The lowest BCUT2D eigenvalue weighted by atomic mass is 9.85. The summed E-state index contributed by atoms with van der Waals surface area (Å²) in [6.07, 6.45) is 0. The number of rotatable bonds is 3. The van der Waals surface area contributed by atoms with Crippen LogP contribution in [-0.4, -0.2) is 11.5 Å². The molecule has 0 aliphatic rings. The van der Waals surface area contributed by atoms with Gasteiger partial charge in [0.2, 0.25) is 0 Å². The minimum Gasteiger partial charge on any atom is -0.330 e. The summed E-state index contributed by atoms with van der Waals surface area (Å²) in [6, 6.07) is 4.78. The van der Waals surface area contributed by atoms with Gasteiger partial charge in [-0.25, -0.2) is 0 Å². The summed E-state index contributed by atoms with van der Waals surface area (Å²) in [6.45, 7) is 4.28. The maximum atomic E-state index is 10.7. The number of hydrogen-bond acceptors (Lipinski definition) is 3. The Morgan fingerprint density at radius 3 is 2.60 bits per heavy atom. The van der Waals surface area contributed by atoms with Crippen molar-refractivity contribution in [2.24, 2.45) is 5.73 Å². The van der Waals surface area contributed by atoms with Crippen LogP contribution < -0.4 is 5.73 Å². The summed E-state index contributed by atoms with van der Waals surface area (Å²) >= 11 is 5.71. The zero-order chi connectivity index (χ0) is 11.6. The molecular weight excluding hydrogens is 216 g/mol. The van der Waals surface area contributed by atoms with Crippen molar-refractivity contribution in [2.75, 3.05) is 6.54 Å². The molecule has 0 spiro atoms. The Balaban J connectivity index is 3.25. The highest BCUT2D eigenvalue weighted by Crippen LogP contribution is 2.30. The average Bonchev–Trinajstić information content (AvgIpc) is 2.17. The van der Waals surface area contributed by atoms with Crippen LogP contribution in [0.3, 0.4) is 0 Å². The van der Waals surface area contributed by atoms with E-state index in [4.69, 9.17) is 17.3 Å². The maximum absolute atomic E-state index is 10.7. The molecule has 0 aliphatic heterocycles. The lowest BCUT2D eigenvalue weighted by Crippen LogP contribution is -2.28. The molecule has 0 heterocycles. The van der Waals surface area contributed by atoms with Gasteiger partial charge in [0.15, 0.2) is 0 Å². The Morgan fingerprint density at radius 2 is 2.13 bits per heavy atom. The standard InChI is InChI=1S/C10H13ClN2O2/c1-10(2,6-12)7-3-4-8(11)9(5-7)13(14)15/h3-5H,6,12H2,1-2H3. The van der Waals surface area contributed by atoms with E-state index in [1.54, 1.807) is 6.07 Å². The second-order valence-corrected chi connectivity index (χ2v) is 4.42. The minimum atomic E-state index is -0.488. The first-order valence-corrected chi connectivity index (χ1v) is 4.91. The van der Waals surface area contributed by atoms with Crippen molar-refractivity contribution in [3.8, 4) is 0 Å². The van der Waals surface area contributed by atoms with Gasteiger partial charge in [-0.05, 0) is 11.6 Å². The zero-order valence-electron chi connectivity index (χ0n) is 8.66. The van der Waals surface area contributed by atoms with Crippen LogP contribution in [0.2, 0.25) is 5.02 Å². The molecule has 1 rings (SSSR count).